The van der Waals surface area contributed by atoms with E-state index in [0.717, 1.165) is 31.8 Å². The molecule has 4 unspecified atom stereocenters. The van der Waals surface area contributed by atoms with Gasteiger partial charge in [0, 0.05) is 36.8 Å². The van der Waals surface area contributed by atoms with Crippen LogP contribution in [0.25, 0.3) is 0 Å². The first-order valence-electron chi connectivity index (χ1n) is 8.54. The third kappa shape index (κ3) is 1.88. The van der Waals surface area contributed by atoms with E-state index in [2.05, 4.69) is 16.8 Å². The Morgan fingerprint density at radius 1 is 1.15 bits per heavy atom. The van der Waals surface area contributed by atoms with Crippen LogP contribution in [0.2, 0.25) is 0 Å². The van der Waals surface area contributed by atoms with Crippen LogP contribution in [0.1, 0.15) is 44.9 Å². The summed E-state index contributed by atoms with van der Waals surface area (Å²) in [6.07, 6.45) is 9.71. The van der Waals surface area contributed by atoms with E-state index < -0.39 is 0 Å². The first kappa shape index (κ1) is 13.5. The Labute approximate surface area is 122 Å². The summed E-state index contributed by atoms with van der Waals surface area (Å²) in [5, 5.41) is 0. The van der Waals surface area contributed by atoms with Crippen LogP contribution in [-0.2, 0) is 4.74 Å². The van der Waals surface area contributed by atoms with Crippen LogP contribution >= 0.6 is 0 Å². The molecule has 0 aromatic carbocycles. The molecule has 1 saturated carbocycles. The predicted molar refractivity (Wildman–Crippen MR) is 79.7 cm³/mol. The van der Waals surface area contributed by atoms with Gasteiger partial charge in [0.1, 0.15) is 0 Å². The van der Waals surface area contributed by atoms with Crippen LogP contribution in [0.15, 0.2) is 0 Å². The van der Waals surface area contributed by atoms with Gasteiger partial charge in [-0.3, -0.25) is 4.90 Å². The fourth-order valence-corrected chi connectivity index (χ4v) is 5.58. The molecule has 3 aliphatic heterocycles. The largest absolute Gasteiger partial charge is 0.375 e. The molecular formula is C16H29N3O. The number of hydrogen-bond acceptors (Lipinski definition) is 4. The Morgan fingerprint density at radius 2 is 1.90 bits per heavy atom. The molecule has 20 heavy (non-hydrogen) atoms. The molecular weight excluding hydrogens is 250 g/mol. The van der Waals surface area contributed by atoms with Crippen LogP contribution in [0, 0.1) is 0 Å². The minimum atomic E-state index is 0.259. The van der Waals surface area contributed by atoms with Gasteiger partial charge < -0.3 is 15.4 Å². The van der Waals surface area contributed by atoms with E-state index in [4.69, 9.17) is 10.5 Å². The summed E-state index contributed by atoms with van der Waals surface area (Å²) in [7, 11) is 2.32. The second kappa shape index (κ2) is 4.94. The maximum Gasteiger partial charge on any atom is 0.0731 e. The molecule has 4 fully saturated rings. The fraction of sp³-hybridized carbons (Fsp3) is 1.00. The van der Waals surface area contributed by atoms with Crippen molar-refractivity contribution in [2.75, 3.05) is 26.7 Å². The highest BCUT2D eigenvalue weighted by molar-refractivity contribution is 5.09. The zero-order chi connectivity index (χ0) is 13.7. The van der Waals surface area contributed by atoms with Gasteiger partial charge in [-0.15, -0.1) is 0 Å². The zero-order valence-electron chi connectivity index (χ0n) is 12.8. The number of ether oxygens (including phenoxy) is 1. The number of rotatable bonds is 2. The third-order valence-electron chi connectivity index (χ3n) is 6.69. The average molecular weight is 279 g/mol. The van der Waals surface area contributed by atoms with Gasteiger partial charge in [0.2, 0.25) is 0 Å². The molecule has 0 aromatic rings. The van der Waals surface area contributed by atoms with E-state index in [1.54, 1.807) is 0 Å². The van der Waals surface area contributed by atoms with E-state index in [0.29, 0.717) is 12.1 Å². The number of nitrogens with two attached hydrogens (primary N) is 1. The van der Waals surface area contributed by atoms with Crippen molar-refractivity contribution >= 4 is 0 Å². The van der Waals surface area contributed by atoms with Gasteiger partial charge in [0.25, 0.3) is 0 Å². The van der Waals surface area contributed by atoms with Gasteiger partial charge in [-0.25, -0.2) is 0 Å². The molecule has 3 saturated heterocycles. The summed E-state index contributed by atoms with van der Waals surface area (Å²) in [6, 6.07) is 2.18. The van der Waals surface area contributed by atoms with Crippen molar-refractivity contribution in [3.05, 3.63) is 0 Å². The highest BCUT2D eigenvalue weighted by Crippen LogP contribution is 2.45. The Bertz CT molecular complexity index is 361. The molecule has 4 nitrogen and oxygen atoms in total. The highest BCUT2D eigenvalue weighted by Gasteiger charge is 2.52. The smallest absolute Gasteiger partial charge is 0.0731 e. The van der Waals surface area contributed by atoms with E-state index in [9.17, 15) is 0 Å². The Morgan fingerprint density at radius 3 is 2.60 bits per heavy atom. The van der Waals surface area contributed by atoms with Crippen LogP contribution in [0.4, 0.5) is 0 Å². The zero-order valence-corrected chi connectivity index (χ0v) is 12.8. The minimum absolute atomic E-state index is 0.259. The van der Waals surface area contributed by atoms with Crippen molar-refractivity contribution in [1.29, 1.82) is 0 Å². The Hall–Kier alpha value is -0.160. The Kier molecular flexibility index (Phi) is 3.33. The van der Waals surface area contributed by atoms with E-state index in [1.807, 2.05) is 0 Å². The van der Waals surface area contributed by atoms with Crippen LogP contribution in [0.3, 0.4) is 0 Å². The van der Waals surface area contributed by atoms with Crippen molar-refractivity contribution in [1.82, 2.24) is 9.80 Å². The number of nitrogens with zero attached hydrogens (tertiary/aromatic N) is 2. The van der Waals surface area contributed by atoms with Gasteiger partial charge in [-0.05, 0) is 52.0 Å². The fourth-order valence-electron chi connectivity index (χ4n) is 5.58. The lowest BCUT2D eigenvalue weighted by Crippen LogP contribution is -2.67. The lowest BCUT2D eigenvalue weighted by molar-refractivity contribution is -0.117. The molecule has 2 N–H and O–H groups in total. The van der Waals surface area contributed by atoms with Crippen molar-refractivity contribution in [3.8, 4) is 0 Å². The van der Waals surface area contributed by atoms with Gasteiger partial charge in [-0.2, -0.15) is 0 Å². The molecule has 4 atom stereocenters. The molecule has 1 aliphatic carbocycles. The predicted octanol–water partition coefficient (Wildman–Crippen LogP) is 1.19. The van der Waals surface area contributed by atoms with Crippen molar-refractivity contribution in [2.24, 2.45) is 5.73 Å². The average Bonchev–Trinajstić information content (AvgIpc) is 3.01. The summed E-state index contributed by atoms with van der Waals surface area (Å²) in [4.78, 5) is 5.42. The lowest BCUT2D eigenvalue weighted by atomic mass is 9.79. The maximum atomic E-state index is 6.35. The summed E-state index contributed by atoms with van der Waals surface area (Å²) in [5.41, 5.74) is 6.61. The lowest BCUT2D eigenvalue weighted by Gasteiger charge is -2.55. The van der Waals surface area contributed by atoms with Crippen molar-refractivity contribution in [3.63, 3.8) is 0 Å². The van der Waals surface area contributed by atoms with E-state index >= 15 is 0 Å². The molecule has 4 aliphatic rings. The minimum Gasteiger partial charge on any atom is -0.375 e. The molecule has 114 valence electrons. The first-order valence-corrected chi connectivity index (χ1v) is 8.54. The molecule has 0 radical (unpaired) electrons. The summed E-state index contributed by atoms with van der Waals surface area (Å²) < 4.78 is 6.01. The van der Waals surface area contributed by atoms with Crippen molar-refractivity contribution < 1.29 is 4.74 Å². The van der Waals surface area contributed by atoms with Gasteiger partial charge in [0.15, 0.2) is 0 Å². The summed E-state index contributed by atoms with van der Waals surface area (Å²) in [5.74, 6) is 0. The number of piperidine rings is 1. The van der Waals surface area contributed by atoms with Crippen LogP contribution in [0.5, 0.6) is 0 Å². The number of hydrogen-bond donors (Lipinski definition) is 1. The quantitative estimate of drug-likeness (QED) is 0.824. The standard InChI is InChI=1S/C16H29N3O/c1-18-12-5-6-13(18)10-16(9-12,11-17)19-7-8-20-15-4-2-3-14(15)19/h12-15H,2-11,17H2,1H3. The van der Waals surface area contributed by atoms with Crippen molar-refractivity contribution in [2.45, 2.75) is 74.7 Å². The Balaban J connectivity index is 1.61. The van der Waals surface area contributed by atoms with Gasteiger partial charge in [0.05, 0.1) is 12.7 Å². The highest BCUT2D eigenvalue weighted by atomic mass is 16.5. The maximum absolute atomic E-state index is 6.35. The molecule has 0 aromatic heterocycles. The first-order chi connectivity index (χ1) is 9.73. The molecule has 2 bridgehead atoms. The molecule has 0 spiro atoms. The summed E-state index contributed by atoms with van der Waals surface area (Å²) in [6.45, 7) is 2.84. The molecule has 4 rings (SSSR count). The van der Waals surface area contributed by atoms with Gasteiger partial charge in [-0.1, -0.05) is 0 Å². The monoisotopic (exact) mass is 279 g/mol. The number of fused-ring (bicyclic) bond motifs is 3. The van der Waals surface area contributed by atoms with Crippen LogP contribution < -0.4 is 5.73 Å². The second-order valence-corrected chi connectivity index (χ2v) is 7.49. The van der Waals surface area contributed by atoms with E-state index in [-0.39, 0.29) is 5.54 Å². The topological polar surface area (TPSA) is 41.7 Å². The SMILES string of the molecule is CN1C2CCC1CC(CN)(N1CCOC3CCCC31)C2. The van der Waals surface area contributed by atoms with Gasteiger partial charge >= 0.3 is 0 Å². The normalized spacial score (nSPS) is 49.5. The summed E-state index contributed by atoms with van der Waals surface area (Å²) >= 11 is 0. The van der Waals surface area contributed by atoms with E-state index in [1.165, 1.54) is 44.9 Å². The second-order valence-electron chi connectivity index (χ2n) is 7.49. The molecule has 4 heteroatoms. The van der Waals surface area contributed by atoms with Crippen LogP contribution in [-0.4, -0.2) is 66.3 Å². The third-order valence-corrected chi connectivity index (χ3v) is 6.69. The molecule has 0 amide bonds. The number of morpholine rings is 1. The molecule has 3 heterocycles.